The van der Waals surface area contributed by atoms with Crippen LogP contribution in [0, 0.1) is 13.8 Å². The SMILES string of the molecule is Cc1cc(N2CCCCC2)nc(Nc2ccc(NS(=O)(=O)c3cccc(Cl)c3C)cc2)n1. The smallest absolute Gasteiger partial charge is 0.262 e. The molecule has 0 saturated carbocycles. The molecule has 2 aromatic carbocycles. The van der Waals surface area contributed by atoms with E-state index in [-0.39, 0.29) is 4.90 Å². The van der Waals surface area contributed by atoms with Crippen LogP contribution in [0.2, 0.25) is 5.02 Å². The van der Waals surface area contributed by atoms with Crippen LogP contribution in [0.5, 0.6) is 0 Å². The third kappa shape index (κ3) is 5.14. The molecule has 0 spiro atoms. The molecule has 1 aliphatic heterocycles. The van der Waals surface area contributed by atoms with E-state index in [9.17, 15) is 8.42 Å². The fraction of sp³-hybridized carbons (Fsp3) is 0.304. The summed E-state index contributed by atoms with van der Waals surface area (Å²) in [6.07, 6.45) is 3.62. The third-order valence-electron chi connectivity index (χ3n) is 5.42. The van der Waals surface area contributed by atoms with Gasteiger partial charge in [-0.1, -0.05) is 17.7 Å². The van der Waals surface area contributed by atoms with Crippen LogP contribution in [-0.4, -0.2) is 31.5 Å². The number of nitrogens with one attached hydrogen (secondary N) is 2. The lowest BCUT2D eigenvalue weighted by molar-refractivity contribution is 0.573. The first-order chi connectivity index (χ1) is 15.3. The number of sulfonamides is 1. The minimum absolute atomic E-state index is 0.158. The Morgan fingerprint density at radius 1 is 0.938 bits per heavy atom. The minimum atomic E-state index is -3.75. The zero-order valence-electron chi connectivity index (χ0n) is 18.1. The molecule has 0 atom stereocenters. The van der Waals surface area contributed by atoms with E-state index in [2.05, 4.69) is 24.9 Å². The lowest BCUT2D eigenvalue weighted by Gasteiger charge is -2.28. The van der Waals surface area contributed by atoms with Crippen LogP contribution >= 0.6 is 11.6 Å². The number of hydrogen-bond acceptors (Lipinski definition) is 6. The summed E-state index contributed by atoms with van der Waals surface area (Å²) in [5, 5.41) is 3.63. The molecule has 1 aliphatic rings. The molecule has 4 rings (SSSR count). The summed E-state index contributed by atoms with van der Waals surface area (Å²) in [7, 11) is -3.75. The van der Waals surface area contributed by atoms with Gasteiger partial charge in [0.25, 0.3) is 10.0 Å². The Hall–Kier alpha value is -2.84. The predicted octanol–water partition coefficient (Wildman–Crippen LogP) is 5.28. The Balaban J connectivity index is 1.48. The molecule has 7 nitrogen and oxygen atoms in total. The first-order valence-corrected chi connectivity index (χ1v) is 12.4. The van der Waals surface area contributed by atoms with Gasteiger partial charge in [-0.2, -0.15) is 4.98 Å². The van der Waals surface area contributed by atoms with Gasteiger partial charge in [-0.05, 0) is 75.1 Å². The van der Waals surface area contributed by atoms with Crippen molar-refractivity contribution < 1.29 is 8.42 Å². The molecule has 2 heterocycles. The van der Waals surface area contributed by atoms with Gasteiger partial charge in [-0.3, -0.25) is 4.72 Å². The number of piperidine rings is 1. The van der Waals surface area contributed by atoms with E-state index in [1.165, 1.54) is 25.3 Å². The van der Waals surface area contributed by atoms with Gasteiger partial charge in [0.15, 0.2) is 0 Å². The molecule has 1 saturated heterocycles. The highest BCUT2D eigenvalue weighted by Gasteiger charge is 2.18. The molecule has 168 valence electrons. The van der Waals surface area contributed by atoms with Crippen LogP contribution in [-0.2, 0) is 10.0 Å². The number of hydrogen-bond donors (Lipinski definition) is 2. The second-order valence-electron chi connectivity index (χ2n) is 7.91. The zero-order chi connectivity index (χ0) is 22.7. The monoisotopic (exact) mass is 471 g/mol. The fourth-order valence-electron chi connectivity index (χ4n) is 3.73. The summed E-state index contributed by atoms with van der Waals surface area (Å²) in [5.41, 5.74) is 2.63. The van der Waals surface area contributed by atoms with Crippen molar-refractivity contribution in [3.05, 3.63) is 64.8 Å². The van der Waals surface area contributed by atoms with Gasteiger partial charge in [-0.25, -0.2) is 13.4 Å². The van der Waals surface area contributed by atoms with E-state index in [4.69, 9.17) is 11.6 Å². The van der Waals surface area contributed by atoms with Crippen LogP contribution in [0.1, 0.15) is 30.5 Å². The molecule has 0 bridgehead atoms. The van der Waals surface area contributed by atoms with E-state index in [1.807, 2.05) is 13.0 Å². The second kappa shape index (κ2) is 9.34. The summed E-state index contributed by atoms with van der Waals surface area (Å²) < 4.78 is 28.1. The van der Waals surface area contributed by atoms with Crippen molar-refractivity contribution in [1.82, 2.24) is 9.97 Å². The first-order valence-electron chi connectivity index (χ1n) is 10.6. The summed E-state index contributed by atoms with van der Waals surface area (Å²) in [6, 6.07) is 13.8. The number of benzene rings is 2. The fourth-order valence-corrected chi connectivity index (χ4v) is 5.29. The molecule has 3 aromatic rings. The Kier molecular flexibility index (Phi) is 6.53. The Morgan fingerprint density at radius 3 is 2.34 bits per heavy atom. The van der Waals surface area contributed by atoms with E-state index >= 15 is 0 Å². The van der Waals surface area contributed by atoms with Crippen molar-refractivity contribution in [2.24, 2.45) is 0 Å². The quantitative estimate of drug-likeness (QED) is 0.508. The van der Waals surface area contributed by atoms with Crippen molar-refractivity contribution in [2.45, 2.75) is 38.0 Å². The largest absolute Gasteiger partial charge is 0.356 e. The van der Waals surface area contributed by atoms with Crippen LogP contribution in [0.3, 0.4) is 0 Å². The predicted molar refractivity (Wildman–Crippen MR) is 130 cm³/mol. The van der Waals surface area contributed by atoms with Gasteiger partial charge in [0.05, 0.1) is 4.90 Å². The summed E-state index contributed by atoms with van der Waals surface area (Å²) >= 11 is 6.08. The van der Waals surface area contributed by atoms with Crippen LogP contribution in [0.4, 0.5) is 23.1 Å². The summed E-state index contributed by atoms with van der Waals surface area (Å²) in [5.74, 6) is 1.45. The van der Waals surface area contributed by atoms with Gasteiger partial charge in [0, 0.05) is 41.2 Å². The number of halogens is 1. The first kappa shape index (κ1) is 22.4. The van der Waals surface area contributed by atoms with Crippen molar-refractivity contribution in [3.63, 3.8) is 0 Å². The topological polar surface area (TPSA) is 87.2 Å². The highest BCUT2D eigenvalue weighted by molar-refractivity contribution is 7.92. The maximum absolute atomic E-state index is 12.8. The lowest BCUT2D eigenvalue weighted by Crippen LogP contribution is -2.30. The highest BCUT2D eigenvalue weighted by atomic mass is 35.5. The lowest BCUT2D eigenvalue weighted by atomic mass is 10.1. The molecule has 9 heteroatoms. The van der Waals surface area contributed by atoms with Crippen LogP contribution in [0.15, 0.2) is 53.4 Å². The highest BCUT2D eigenvalue weighted by Crippen LogP contribution is 2.26. The molecule has 0 aliphatic carbocycles. The van der Waals surface area contributed by atoms with Crippen LogP contribution in [0.25, 0.3) is 0 Å². The van der Waals surface area contributed by atoms with Crippen molar-refractivity contribution in [1.29, 1.82) is 0 Å². The molecule has 0 radical (unpaired) electrons. The molecule has 2 N–H and O–H groups in total. The number of aryl methyl sites for hydroxylation is 1. The van der Waals surface area contributed by atoms with Gasteiger partial charge in [0.1, 0.15) is 5.82 Å². The van der Waals surface area contributed by atoms with Crippen molar-refractivity contribution in [2.75, 3.05) is 28.0 Å². The number of rotatable bonds is 6. The van der Waals surface area contributed by atoms with Crippen LogP contribution < -0.4 is 14.9 Å². The minimum Gasteiger partial charge on any atom is -0.356 e. The second-order valence-corrected chi connectivity index (χ2v) is 9.97. The number of anilines is 4. The normalized spacial score (nSPS) is 14.3. The maximum atomic E-state index is 12.8. The number of nitrogens with zero attached hydrogens (tertiary/aromatic N) is 3. The third-order valence-corrected chi connectivity index (χ3v) is 7.36. The Labute approximate surface area is 193 Å². The molecule has 0 amide bonds. The standard InChI is InChI=1S/C23H26ClN5O2S/c1-16-15-22(29-13-4-3-5-14-29)27-23(25-16)26-18-9-11-19(12-10-18)28-32(30,31)21-8-6-7-20(24)17(21)2/h6-12,15,28H,3-5,13-14H2,1-2H3,(H,25,26,27). The summed E-state index contributed by atoms with van der Waals surface area (Å²) in [4.78, 5) is 11.6. The van der Waals surface area contributed by atoms with Gasteiger partial charge in [0.2, 0.25) is 5.95 Å². The molecule has 0 unspecified atom stereocenters. The average molecular weight is 472 g/mol. The molecule has 1 aromatic heterocycles. The van der Waals surface area contributed by atoms with E-state index in [1.54, 1.807) is 43.3 Å². The average Bonchev–Trinajstić information content (AvgIpc) is 2.77. The Bertz CT molecular complexity index is 1210. The molecular weight excluding hydrogens is 446 g/mol. The van der Waals surface area contributed by atoms with E-state index < -0.39 is 10.0 Å². The zero-order valence-corrected chi connectivity index (χ0v) is 19.7. The molecular formula is C23H26ClN5O2S. The van der Waals surface area contributed by atoms with Crippen molar-refractivity contribution >= 4 is 44.8 Å². The summed E-state index contributed by atoms with van der Waals surface area (Å²) in [6.45, 7) is 5.66. The molecule has 32 heavy (non-hydrogen) atoms. The maximum Gasteiger partial charge on any atom is 0.262 e. The van der Waals surface area contributed by atoms with Gasteiger partial charge in [-0.15, -0.1) is 0 Å². The Morgan fingerprint density at radius 2 is 1.62 bits per heavy atom. The van der Waals surface area contributed by atoms with Crippen molar-refractivity contribution in [3.8, 4) is 0 Å². The molecule has 1 fully saturated rings. The van der Waals surface area contributed by atoms with Gasteiger partial charge < -0.3 is 10.2 Å². The number of aromatic nitrogens is 2. The van der Waals surface area contributed by atoms with E-state index in [0.717, 1.165) is 30.3 Å². The van der Waals surface area contributed by atoms with E-state index in [0.29, 0.717) is 22.2 Å². The van der Waals surface area contributed by atoms with Gasteiger partial charge >= 0.3 is 0 Å².